The minimum Gasteiger partial charge on any atom is -0.434 e. The Balaban J connectivity index is 0.00000676. The molecule has 1 atom stereocenters. The number of halogens is 4. The number of hydrogen-bond donors (Lipinski definition) is 2. The molecule has 6 nitrogen and oxygen atoms in total. The van der Waals surface area contributed by atoms with E-state index in [4.69, 9.17) is 11.6 Å². The van der Waals surface area contributed by atoms with E-state index in [1.54, 1.807) is 14.1 Å². The summed E-state index contributed by atoms with van der Waals surface area (Å²) in [5.41, 5.74) is 0.419. The number of alkyl halides is 2. The summed E-state index contributed by atoms with van der Waals surface area (Å²) < 4.78 is 29.6. The van der Waals surface area contributed by atoms with E-state index in [1.165, 1.54) is 23.1 Å². The number of benzene rings is 1. The van der Waals surface area contributed by atoms with Crippen LogP contribution in [0.3, 0.4) is 0 Å². The average Bonchev–Trinajstić information content (AvgIpc) is 2.58. The zero-order valence-corrected chi connectivity index (χ0v) is 18.8. The number of carbonyl (C=O) groups is 1. The van der Waals surface area contributed by atoms with Crippen molar-refractivity contribution < 1.29 is 18.3 Å². The Morgan fingerprint density at radius 1 is 1.37 bits per heavy atom. The fourth-order valence-electron chi connectivity index (χ4n) is 1.85. The van der Waals surface area contributed by atoms with Gasteiger partial charge < -0.3 is 20.3 Å². The second-order valence-electron chi connectivity index (χ2n) is 5.89. The van der Waals surface area contributed by atoms with Gasteiger partial charge in [0.15, 0.2) is 5.96 Å². The van der Waals surface area contributed by atoms with Gasteiger partial charge in [-0.1, -0.05) is 18.5 Å². The van der Waals surface area contributed by atoms with Crippen LogP contribution >= 0.6 is 35.6 Å². The number of nitrogens with one attached hydrogen (secondary N) is 2. The molecule has 1 unspecified atom stereocenters. The Labute approximate surface area is 180 Å². The number of carbonyl (C=O) groups excluding carboxylic acids is 1. The van der Waals surface area contributed by atoms with E-state index in [9.17, 15) is 13.6 Å². The predicted octanol–water partition coefficient (Wildman–Crippen LogP) is 3.48. The summed E-state index contributed by atoms with van der Waals surface area (Å²) in [6.07, 6.45) is 0.846. The molecule has 0 aliphatic carbocycles. The van der Waals surface area contributed by atoms with E-state index in [2.05, 4.69) is 20.4 Å². The number of amides is 1. The molecule has 2 N–H and O–H groups in total. The lowest BCUT2D eigenvalue weighted by Gasteiger charge is -2.18. The molecule has 0 bridgehead atoms. The number of ether oxygens (including phenoxy) is 1. The zero-order valence-electron chi connectivity index (χ0n) is 15.8. The molecule has 0 radical (unpaired) electrons. The molecular weight excluding hydrogens is 493 g/mol. The maximum atomic E-state index is 12.5. The van der Waals surface area contributed by atoms with E-state index in [1.807, 2.05) is 13.8 Å². The summed E-state index contributed by atoms with van der Waals surface area (Å²) in [5.74, 6) is 0.297. The molecule has 0 heterocycles. The van der Waals surface area contributed by atoms with Gasteiger partial charge in [0.2, 0.25) is 5.91 Å². The topological polar surface area (TPSA) is 66.0 Å². The van der Waals surface area contributed by atoms with Gasteiger partial charge in [-0.05, 0) is 31.5 Å². The normalized spacial score (nSPS) is 12.2. The van der Waals surface area contributed by atoms with Gasteiger partial charge in [-0.3, -0.25) is 4.79 Å². The number of hydrogen-bond acceptors (Lipinski definition) is 3. The van der Waals surface area contributed by atoms with Gasteiger partial charge in [0.1, 0.15) is 5.75 Å². The Morgan fingerprint density at radius 3 is 2.59 bits per heavy atom. The number of rotatable bonds is 8. The first-order chi connectivity index (χ1) is 12.2. The third-order valence-corrected chi connectivity index (χ3v) is 3.78. The van der Waals surface area contributed by atoms with Crippen LogP contribution in [0.25, 0.3) is 0 Å². The van der Waals surface area contributed by atoms with Gasteiger partial charge in [0.25, 0.3) is 0 Å². The molecule has 0 aromatic heterocycles. The van der Waals surface area contributed by atoms with Crippen molar-refractivity contribution in [3.05, 3.63) is 28.8 Å². The molecule has 0 saturated heterocycles. The summed E-state index contributed by atoms with van der Waals surface area (Å²) in [6, 6.07) is 4.49. The molecule has 0 aliphatic heterocycles. The molecule has 1 aromatic rings. The highest BCUT2D eigenvalue weighted by Crippen LogP contribution is 2.25. The van der Waals surface area contributed by atoms with Crippen molar-refractivity contribution in [3.63, 3.8) is 0 Å². The Hall–Kier alpha value is -1.36. The lowest BCUT2D eigenvalue weighted by molar-refractivity contribution is -0.127. The summed E-state index contributed by atoms with van der Waals surface area (Å²) >= 11 is 5.94. The standard InChI is InChI=1S/C17H25ClF2N4O2.HI/c1-5-11(2)23-17(22-10-15(25)24(3)4)21-9-12-8-13(18)6-7-14(12)26-16(19)20;/h6-8,11,16H,5,9-10H2,1-4H3,(H2,21,22,23);1H. The molecule has 154 valence electrons. The third-order valence-electron chi connectivity index (χ3n) is 3.55. The number of likely N-dealkylation sites (N-methyl/N-ethyl adjacent to an activating group) is 1. The molecule has 0 spiro atoms. The molecule has 0 saturated carbocycles. The van der Waals surface area contributed by atoms with Gasteiger partial charge in [-0.25, -0.2) is 4.99 Å². The smallest absolute Gasteiger partial charge is 0.387 e. The summed E-state index contributed by atoms with van der Waals surface area (Å²) in [6.45, 7) is 1.16. The molecule has 0 aliphatic rings. The molecular formula is C17H26ClF2IN4O2. The van der Waals surface area contributed by atoms with E-state index < -0.39 is 6.61 Å². The van der Waals surface area contributed by atoms with Crippen molar-refractivity contribution in [1.29, 1.82) is 0 Å². The highest BCUT2D eigenvalue weighted by molar-refractivity contribution is 14.0. The van der Waals surface area contributed by atoms with Gasteiger partial charge in [0.05, 0.1) is 13.1 Å². The second kappa shape index (κ2) is 12.9. The maximum Gasteiger partial charge on any atom is 0.387 e. The number of aliphatic imine (C=N–C) groups is 1. The van der Waals surface area contributed by atoms with Crippen molar-refractivity contribution in [3.8, 4) is 5.75 Å². The van der Waals surface area contributed by atoms with Crippen LogP contribution in [-0.4, -0.2) is 50.1 Å². The van der Waals surface area contributed by atoms with Gasteiger partial charge in [-0.2, -0.15) is 8.78 Å². The largest absolute Gasteiger partial charge is 0.434 e. The van der Waals surface area contributed by atoms with Crippen LogP contribution in [0.5, 0.6) is 5.75 Å². The highest BCUT2D eigenvalue weighted by Gasteiger charge is 2.12. The monoisotopic (exact) mass is 518 g/mol. The first-order valence-electron chi connectivity index (χ1n) is 8.21. The van der Waals surface area contributed by atoms with Crippen molar-refractivity contribution in [2.75, 3.05) is 20.6 Å². The second-order valence-corrected chi connectivity index (χ2v) is 6.33. The fraction of sp³-hybridized carbons (Fsp3) is 0.529. The van der Waals surface area contributed by atoms with Crippen LogP contribution < -0.4 is 15.4 Å². The number of guanidine groups is 1. The van der Waals surface area contributed by atoms with E-state index in [0.717, 1.165) is 6.42 Å². The highest BCUT2D eigenvalue weighted by atomic mass is 127. The van der Waals surface area contributed by atoms with Crippen LogP contribution in [0, 0.1) is 0 Å². The van der Waals surface area contributed by atoms with E-state index in [0.29, 0.717) is 16.5 Å². The SMILES string of the molecule is CCC(C)NC(=NCc1cc(Cl)ccc1OC(F)F)NCC(=O)N(C)C.I. The van der Waals surface area contributed by atoms with Crippen molar-refractivity contribution in [2.45, 2.75) is 39.5 Å². The average molecular weight is 519 g/mol. The summed E-state index contributed by atoms with van der Waals surface area (Å²) in [7, 11) is 3.31. The first-order valence-corrected chi connectivity index (χ1v) is 8.59. The van der Waals surface area contributed by atoms with Crippen molar-refractivity contribution in [1.82, 2.24) is 15.5 Å². The predicted molar refractivity (Wildman–Crippen MR) is 114 cm³/mol. The van der Waals surface area contributed by atoms with Crippen LogP contribution in [0.15, 0.2) is 23.2 Å². The van der Waals surface area contributed by atoms with Crippen molar-refractivity contribution >= 4 is 47.4 Å². The fourth-order valence-corrected chi connectivity index (χ4v) is 2.05. The summed E-state index contributed by atoms with van der Waals surface area (Å²) in [5, 5.41) is 6.48. The Kier molecular flexibility index (Phi) is 12.3. The molecule has 1 amide bonds. The van der Waals surface area contributed by atoms with Crippen LogP contribution in [0.2, 0.25) is 5.02 Å². The molecule has 1 rings (SSSR count). The lowest BCUT2D eigenvalue weighted by atomic mass is 10.2. The molecule has 0 fully saturated rings. The van der Waals surface area contributed by atoms with Crippen LogP contribution in [-0.2, 0) is 11.3 Å². The minimum atomic E-state index is -2.94. The minimum absolute atomic E-state index is 0. The van der Waals surface area contributed by atoms with Crippen LogP contribution in [0.1, 0.15) is 25.8 Å². The summed E-state index contributed by atoms with van der Waals surface area (Å²) in [4.78, 5) is 17.6. The number of nitrogens with zero attached hydrogens (tertiary/aromatic N) is 2. The quantitative estimate of drug-likeness (QED) is 0.314. The Bertz CT molecular complexity index is 633. The third kappa shape index (κ3) is 9.94. The molecule has 27 heavy (non-hydrogen) atoms. The zero-order chi connectivity index (χ0) is 19.7. The Morgan fingerprint density at radius 2 is 2.04 bits per heavy atom. The van der Waals surface area contributed by atoms with E-state index >= 15 is 0 Å². The van der Waals surface area contributed by atoms with Crippen molar-refractivity contribution in [2.24, 2.45) is 4.99 Å². The van der Waals surface area contributed by atoms with Crippen LogP contribution in [0.4, 0.5) is 8.78 Å². The van der Waals surface area contributed by atoms with Gasteiger partial charge in [0, 0.05) is 30.7 Å². The van der Waals surface area contributed by atoms with Gasteiger partial charge >= 0.3 is 6.61 Å². The van der Waals surface area contributed by atoms with Gasteiger partial charge in [-0.15, -0.1) is 24.0 Å². The maximum absolute atomic E-state index is 12.5. The van der Waals surface area contributed by atoms with E-state index in [-0.39, 0.29) is 54.8 Å². The molecule has 10 heteroatoms. The first kappa shape index (κ1) is 25.6. The lowest BCUT2D eigenvalue weighted by Crippen LogP contribution is -2.45. The molecule has 1 aromatic carbocycles.